The third-order valence-corrected chi connectivity index (χ3v) is 4.07. The molecule has 6 heteroatoms. The first-order chi connectivity index (χ1) is 10.1. The van der Waals surface area contributed by atoms with Crippen LogP contribution < -0.4 is 10.6 Å². The van der Waals surface area contributed by atoms with Crippen molar-refractivity contribution >= 4 is 5.91 Å². The van der Waals surface area contributed by atoms with E-state index in [0.29, 0.717) is 18.6 Å². The van der Waals surface area contributed by atoms with Crippen molar-refractivity contribution in [3.05, 3.63) is 35.4 Å². The Morgan fingerprint density at radius 2 is 2.14 bits per heavy atom. The van der Waals surface area contributed by atoms with Gasteiger partial charge in [-0.1, -0.05) is 6.07 Å². The van der Waals surface area contributed by atoms with Crippen LogP contribution in [0.2, 0.25) is 0 Å². The molecule has 2 aliphatic rings. The lowest BCUT2D eigenvalue weighted by Crippen LogP contribution is -2.46. The number of halogens is 2. The molecular formula is C15H18F2N2O2. The van der Waals surface area contributed by atoms with Gasteiger partial charge in [0.25, 0.3) is 0 Å². The van der Waals surface area contributed by atoms with Crippen LogP contribution in [0.3, 0.4) is 0 Å². The molecule has 21 heavy (non-hydrogen) atoms. The van der Waals surface area contributed by atoms with Crippen molar-refractivity contribution < 1.29 is 18.3 Å². The van der Waals surface area contributed by atoms with Crippen molar-refractivity contribution in [2.45, 2.75) is 37.5 Å². The minimum atomic E-state index is -0.898. The minimum absolute atomic E-state index is 0.0458. The zero-order valence-electron chi connectivity index (χ0n) is 11.6. The summed E-state index contributed by atoms with van der Waals surface area (Å²) >= 11 is 0. The summed E-state index contributed by atoms with van der Waals surface area (Å²) in [5, 5.41) is 6.10. The summed E-state index contributed by atoms with van der Waals surface area (Å²) in [5.74, 6) is -1.83. The lowest BCUT2D eigenvalue weighted by molar-refractivity contribution is -0.123. The fourth-order valence-corrected chi connectivity index (χ4v) is 2.95. The Morgan fingerprint density at radius 3 is 2.86 bits per heavy atom. The Balaban J connectivity index is 1.69. The normalized spacial score (nSPS) is 28.8. The van der Waals surface area contributed by atoms with Crippen LogP contribution in [0, 0.1) is 11.6 Å². The minimum Gasteiger partial charge on any atom is -0.371 e. The molecule has 0 aromatic heterocycles. The van der Waals surface area contributed by atoms with Crippen molar-refractivity contribution in [2.75, 3.05) is 13.2 Å². The molecule has 0 radical (unpaired) electrons. The third-order valence-electron chi connectivity index (χ3n) is 4.07. The van der Waals surface area contributed by atoms with Crippen molar-refractivity contribution in [1.29, 1.82) is 0 Å². The number of amides is 1. The first-order valence-corrected chi connectivity index (χ1v) is 7.25. The van der Waals surface area contributed by atoms with E-state index in [2.05, 4.69) is 10.6 Å². The van der Waals surface area contributed by atoms with E-state index in [1.165, 1.54) is 6.07 Å². The summed E-state index contributed by atoms with van der Waals surface area (Å²) in [6.07, 6.45) is 2.06. The number of nitrogens with one attached hydrogen (secondary N) is 2. The SMILES string of the molecule is O=C(NC1CCOC1c1ccc(F)c(F)c1)C1CCCN1. The van der Waals surface area contributed by atoms with Crippen molar-refractivity contribution in [2.24, 2.45) is 0 Å². The first kappa shape index (κ1) is 14.4. The topological polar surface area (TPSA) is 50.4 Å². The summed E-state index contributed by atoms with van der Waals surface area (Å²) in [5.41, 5.74) is 0.552. The first-order valence-electron chi connectivity index (χ1n) is 7.25. The number of carbonyl (C=O) groups is 1. The van der Waals surface area contributed by atoms with Gasteiger partial charge in [0.15, 0.2) is 11.6 Å². The van der Waals surface area contributed by atoms with E-state index in [9.17, 15) is 13.6 Å². The van der Waals surface area contributed by atoms with E-state index in [4.69, 9.17) is 4.74 Å². The number of ether oxygens (including phenoxy) is 1. The summed E-state index contributed by atoms with van der Waals surface area (Å²) < 4.78 is 31.9. The lowest BCUT2D eigenvalue weighted by Gasteiger charge is -2.22. The largest absolute Gasteiger partial charge is 0.371 e. The highest BCUT2D eigenvalue weighted by Crippen LogP contribution is 2.30. The second-order valence-electron chi connectivity index (χ2n) is 5.52. The van der Waals surface area contributed by atoms with Crippen molar-refractivity contribution in [3.8, 4) is 0 Å². The molecule has 2 heterocycles. The number of hydrogen-bond acceptors (Lipinski definition) is 3. The average Bonchev–Trinajstić information content (AvgIpc) is 3.13. The molecule has 1 amide bonds. The van der Waals surface area contributed by atoms with Crippen LogP contribution in [-0.2, 0) is 9.53 Å². The molecule has 0 aliphatic carbocycles. The van der Waals surface area contributed by atoms with Gasteiger partial charge in [0, 0.05) is 6.61 Å². The maximum Gasteiger partial charge on any atom is 0.237 e. The van der Waals surface area contributed by atoms with Crippen molar-refractivity contribution in [3.63, 3.8) is 0 Å². The highest BCUT2D eigenvalue weighted by molar-refractivity contribution is 5.82. The molecular weight excluding hydrogens is 278 g/mol. The van der Waals surface area contributed by atoms with Gasteiger partial charge >= 0.3 is 0 Å². The van der Waals surface area contributed by atoms with Crippen LogP contribution in [0.1, 0.15) is 30.9 Å². The molecule has 2 fully saturated rings. The van der Waals surface area contributed by atoms with Crippen LogP contribution in [-0.4, -0.2) is 31.1 Å². The number of carbonyl (C=O) groups excluding carboxylic acids is 1. The molecule has 0 saturated carbocycles. The van der Waals surface area contributed by atoms with Crippen LogP contribution >= 0.6 is 0 Å². The molecule has 1 aromatic carbocycles. The van der Waals surface area contributed by atoms with Gasteiger partial charge in [0.1, 0.15) is 6.10 Å². The number of benzene rings is 1. The quantitative estimate of drug-likeness (QED) is 0.892. The fourth-order valence-electron chi connectivity index (χ4n) is 2.95. The van der Waals surface area contributed by atoms with E-state index in [1.807, 2.05) is 0 Å². The van der Waals surface area contributed by atoms with E-state index >= 15 is 0 Å². The Hall–Kier alpha value is -1.53. The molecule has 2 aliphatic heterocycles. The lowest BCUT2D eigenvalue weighted by atomic mass is 10.0. The molecule has 3 unspecified atom stereocenters. The van der Waals surface area contributed by atoms with Gasteiger partial charge in [-0.3, -0.25) is 4.79 Å². The molecule has 3 rings (SSSR count). The predicted octanol–water partition coefficient (Wildman–Crippen LogP) is 1.66. The Labute approximate surface area is 121 Å². The smallest absolute Gasteiger partial charge is 0.237 e. The van der Waals surface area contributed by atoms with Crippen LogP contribution in [0.15, 0.2) is 18.2 Å². The van der Waals surface area contributed by atoms with E-state index in [1.54, 1.807) is 0 Å². The maximum absolute atomic E-state index is 13.3. The monoisotopic (exact) mass is 296 g/mol. The van der Waals surface area contributed by atoms with Crippen LogP contribution in [0.25, 0.3) is 0 Å². The van der Waals surface area contributed by atoms with Gasteiger partial charge in [0.05, 0.1) is 12.1 Å². The Morgan fingerprint density at radius 1 is 1.29 bits per heavy atom. The molecule has 2 saturated heterocycles. The zero-order valence-corrected chi connectivity index (χ0v) is 11.6. The van der Waals surface area contributed by atoms with E-state index < -0.39 is 17.7 Å². The second-order valence-corrected chi connectivity index (χ2v) is 5.52. The van der Waals surface area contributed by atoms with Gasteiger partial charge in [-0.2, -0.15) is 0 Å². The molecule has 1 aromatic rings. The summed E-state index contributed by atoms with van der Waals surface area (Å²) in [4.78, 5) is 12.1. The van der Waals surface area contributed by atoms with E-state index in [-0.39, 0.29) is 18.0 Å². The molecule has 114 valence electrons. The Bertz CT molecular complexity index is 532. The highest BCUT2D eigenvalue weighted by Gasteiger charge is 2.33. The predicted molar refractivity (Wildman–Crippen MR) is 72.6 cm³/mol. The van der Waals surface area contributed by atoms with Crippen LogP contribution in [0.5, 0.6) is 0 Å². The second kappa shape index (κ2) is 6.07. The standard InChI is InChI=1S/C15H18F2N2O2/c16-10-4-3-9(8-11(10)17)14-12(5-7-21-14)19-15(20)13-2-1-6-18-13/h3-4,8,12-14,18H,1-2,5-7H2,(H,19,20). The van der Waals surface area contributed by atoms with Crippen LogP contribution in [0.4, 0.5) is 8.78 Å². The van der Waals surface area contributed by atoms with Gasteiger partial charge < -0.3 is 15.4 Å². The summed E-state index contributed by atoms with van der Waals surface area (Å²) in [6.45, 7) is 1.35. The van der Waals surface area contributed by atoms with Gasteiger partial charge in [-0.15, -0.1) is 0 Å². The van der Waals surface area contributed by atoms with Crippen molar-refractivity contribution in [1.82, 2.24) is 10.6 Å². The summed E-state index contributed by atoms with van der Waals surface area (Å²) in [7, 11) is 0. The molecule has 2 N–H and O–H groups in total. The van der Waals surface area contributed by atoms with Gasteiger partial charge in [-0.25, -0.2) is 8.78 Å². The average molecular weight is 296 g/mol. The summed E-state index contributed by atoms with van der Waals surface area (Å²) in [6, 6.07) is 3.37. The maximum atomic E-state index is 13.3. The molecule has 3 atom stereocenters. The van der Waals surface area contributed by atoms with Gasteiger partial charge in [0.2, 0.25) is 5.91 Å². The zero-order chi connectivity index (χ0) is 14.8. The Kier molecular flexibility index (Phi) is 4.17. The fraction of sp³-hybridized carbons (Fsp3) is 0.533. The highest BCUT2D eigenvalue weighted by atomic mass is 19.2. The molecule has 0 bridgehead atoms. The van der Waals surface area contributed by atoms with E-state index in [0.717, 1.165) is 31.5 Å². The molecule has 0 spiro atoms. The third kappa shape index (κ3) is 3.06. The van der Waals surface area contributed by atoms with Gasteiger partial charge in [-0.05, 0) is 43.5 Å². The number of hydrogen-bond donors (Lipinski definition) is 2. The molecule has 4 nitrogen and oxygen atoms in total. The number of rotatable bonds is 3.